The zero-order valence-electron chi connectivity index (χ0n) is 9.77. The summed E-state index contributed by atoms with van der Waals surface area (Å²) in [6.45, 7) is 4.38. The molecule has 4 heteroatoms. The van der Waals surface area contributed by atoms with Gasteiger partial charge in [-0.2, -0.15) is 5.26 Å². The number of esters is 1. The molecule has 88 valence electrons. The van der Waals surface area contributed by atoms with Gasteiger partial charge in [0, 0.05) is 18.9 Å². The van der Waals surface area contributed by atoms with Crippen molar-refractivity contribution in [3.63, 3.8) is 0 Å². The lowest BCUT2D eigenvalue weighted by Crippen LogP contribution is -2.58. The third kappa shape index (κ3) is 2.05. The summed E-state index contributed by atoms with van der Waals surface area (Å²) in [7, 11) is 0. The fourth-order valence-corrected chi connectivity index (χ4v) is 3.16. The molecule has 0 aromatic carbocycles. The molecule has 0 radical (unpaired) electrons. The number of nitrogens with zero attached hydrogens (tertiary/aromatic N) is 1. The first-order valence-corrected chi connectivity index (χ1v) is 5.92. The van der Waals surface area contributed by atoms with Crippen molar-refractivity contribution in [2.24, 2.45) is 17.8 Å². The predicted molar refractivity (Wildman–Crippen MR) is 58.3 cm³/mol. The summed E-state index contributed by atoms with van der Waals surface area (Å²) in [5, 5.41) is 12.5. The van der Waals surface area contributed by atoms with E-state index in [1.807, 2.05) is 6.92 Å². The second kappa shape index (κ2) is 4.42. The predicted octanol–water partition coefficient (Wildman–Crippen LogP) is 1.08. The lowest BCUT2D eigenvalue weighted by molar-refractivity contribution is -0.150. The Labute approximate surface area is 96.0 Å². The minimum atomic E-state index is -0.234. The zero-order chi connectivity index (χ0) is 11.7. The summed E-state index contributed by atoms with van der Waals surface area (Å²) in [5.41, 5.74) is 0. The molecule has 4 nitrogen and oxygen atoms in total. The van der Waals surface area contributed by atoms with E-state index >= 15 is 0 Å². The molecule has 1 N–H and O–H groups in total. The first-order valence-electron chi connectivity index (χ1n) is 5.92. The van der Waals surface area contributed by atoms with Crippen molar-refractivity contribution in [3.05, 3.63) is 0 Å². The van der Waals surface area contributed by atoms with Crippen LogP contribution in [0.5, 0.6) is 0 Å². The Morgan fingerprint density at radius 1 is 1.56 bits per heavy atom. The molecular formula is C12H18N2O2. The van der Waals surface area contributed by atoms with Crippen molar-refractivity contribution in [1.29, 1.82) is 5.26 Å². The van der Waals surface area contributed by atoms with Gasteiger partial charge in [0.2, 0.25) is 0 Å². The summed E-state index contributed by atoms with van der Waals surface area (Å²) >= 11 is 0. The number of fused-ring (bicyclic) bond motifs is 3. The number of nitrogens with one attached hydrogen (secondary N) is 1. The van der Waals surface area contributed by atoms with Crippen LogP contribution in [0, 0.1) is 29.1 Å². The van der Waals surface area contributed by atoms with Crippen molar-refractivity contribution in [2.45, 2.75) is 38.8 Å². The van der Waals surface area contributed by atoms with E-state index in [0.717, 1.165) is 19.4 Å². The largest absolute Gasteiger partial charge is 0.463 e. The van der Waals surface area contributed by atoms with Gasteiger partial charge >= 0.3 is 5.97 Å². The number of rotatable bonds is 2. The molecule has 0 amide bonds. The number of ether oxygens (including phenoxy) is 1. The van der Waals surface area contributed by atoms with E-state index in [2.05, 4.69) is 11.4 Å². The highest BCUT2D eigenvalue weighted by atomic mass is 16.5. The van der Waals surface area contributed by atoms with E-state index in [4.69, 9.17) is 10.00 Å². The van der Waals surface area contributed by atoms with Crippen LogP contribution in [0.15, 0.2) is 0 Å². The second-order valence-corrected chi connectivity index (χ2v) is 4.99. The molecule has 3 fully saturated rings. The molecule has 2 heterocycles. The highest BCUT2D eigenvalue weighted by Gasteiger charge is 2.45. The second-order valence-electron chi connectivity index (χ2n) is 4.99. The van der Waals surface area contributed by atoms with Crippen molar-refractivity contribution in [2.75, 3.05) is 6.54 Å². The van der Waals surface area contributed by atoms with Gasteiger partial charge in [0.05, 0.1) is 12.0 Å². The quantitative estimate of drug-likeness (QED) is 0.710. The number of carbonyl (C=O) groups is 1. The molecule has 0 aromatic rings. The molecule has 5 atom stereocenters. The van der Waals surface area contributed by atoms with Crippen molar-refractivity contribution in [1.82, 2.24) is 5.32 Å². The Kier molecular flexibility index (Phi) is 3.15. The van der Waals surface area contributed by atoms with Gasteiger partial charge in [0.15, 0.2) is 0 Å². The van der Waals surface area contributed by atoms with Crippen LogP contribution in [0.4, 0.5) is 0 Å². The van der Waals surface area contributed by atoms with E-state index in [0.29, 0.717) is 11.8 Å². The normalized spacial score (nSPS) is 38.8. The topological polar surface area (TPSA) is 62.1 Å². The monoisotopic (exact) mass is 222 g/mol. The first kappa shape index (κ1) is 11.4. The summed E-state index contributed by atoms with van der Waals surface area (Å²) < 4.78 is 5.25. The standard InChI is InChI=1S/C12H18N2O2/c1-7(16-8(2)15)11-4-9-3-10(5-13)12(11)14-6-9/h7,9-12,14H,3-4,6H2,1-2H3. The summed E-state index contributed by atoms with van der Waals surface area (Å²) in [6.07, 6.45) is 1.98. The average Bonchev–Trinajstić information content (AvgIpc) is 2.28. The average molecular weight is 222 g/mol. The lowest BCUT2D eigenvalue weighted by atomic mass is 9.67. The van der Waals surface area contributed by atoms with E-state index in [-0.39, 0.29) is 24.0 Å². The number of piperidine rings is 2. The highest BCUT2D eigenvalue weighted by Crippen LogP contribution is 2.39. The van der Waals surface area contributed by atoms with E-state index in [1.165, 1.54) is 6.92 Å². The minimum Gasteiger partial charge on any atom is -0.463 e. The molecule has 2 bridgehead atoms. The van der Waals surface area contributed by atoms with Crippen LogP contribution in [0.1, 0.15) is 26.7 Å². The van der Waals surface area contributed by atoms with Crippen LogP contribution in [0.2, 0.25) is 0 Å². The number of hydrogen-bond donors (Lipinski definition) is 1. The summed E-state index contributed by atoms with van der Waals surface area (Å²) in [5.74, 6) is 0.705. The summed E-state index contributed by atoms with van der Waals surface area (Å²) in [4.78, 5) is 10.9. The van der Waals surface area contributed by atoms with Gasteiger partial charge < -0.3 is 10.1 Å². The Bertz CT molecular complexity index is 323. The maximum atomic E-state index is 10.9. The van der Waals surface area contributed by atoms with Gasteiger partial charge in [-0.1, -0.05) is 0 Å². The van der Waals surface area contributed by atoms with Gasteiger partial charge in [-0.25, -0.2) is 0 Å². The Balaban J connectivity index is 2.05. The van der Waals surface area contributed by atoms with Crippen molar-refractivity contribution < 1.29 is 9.53 Å². The van der Waals surface area contributed by atoms with Crippen LogP contribution in [-0.2, 0) is 9.53 Å². The highest BCUT2D eigenvalue weighted by molar-refractivity contribution is 5.66. The van der Waals surface area contributed by atoms with Gasteiger partial charge in [-0.05, 0) is 32.2 Å². The van der Waals surface area contributed by atoms with Gasteiger partial charge in [0.25, 0.3) is 0 Å². The third-order valence-corrected chi connectivity index (χ3v) is 3.85. The Morgan fingerprint density at radius 2 is 2.31 bits per heavy atom. The number of nitriles is 1. The van der Waals surface area contributed by atoms with Gasteiger partial charge in [0.1, 0.15) is 6.10 Å². The molecule has 0 spiro atoms. The molecule has 5 unspecified atom stereocenters. The van der Waals surface area contributed by atoms with Crippen LogP contribution in [0.25, 0.3) is 0 Å². The first-order chi connectivity index (χ1) is 7.61. The van der Waals surface area contributed by atoms with Crippen LogP contribution in [0.3, 0.4) is 0 Å². The molecule has 3 aliphatic rings. The molecule has 16 heavy (non-hydrogen) atoms. The van der Waals surface area contributed by atoms with Gasteiger partial charge in [-0.15, -0.1) is 0 Å². The van der Waals surface area contributed by atoms with Crippen LogP contribution >= 0.6 is 0 Å². The molecule has 1 aliphatic carbocycles. The molecule has 0 aromatic heterocycles. The van der Waals surface area contributed by atoms with Gasteiger partial charge in [-0.3, -0.25) is 4.79 Å². The van der Waals surface area contributed by atoms with Crippen LogP contribution < -0.4 is 5.32 Å². The van der Waals surface area contributed by atoms with Crippen molar-refractivity contribution in [3.8, 4) is 6.07 Å². The molecule has 1 saturated carbocycles. The lowest BCUT2D eigenvalue weighted by Gasteiger charge is -2.47. The minimum absolute atomic E-state index is 0.0792. The summed E-state index contributed by atoms with van der Waals surface area (Å²) in [6, 6.07) is 2.57. The Morgan fingerprint density at radius 3 is 2.88 bits per heavy atom. The molecule has 2 saturated heterocycles. The molecular weight excluding hydrogens is 204 g/mol. The fourth-order valence-electron chi connectivity index (χ4n) is 3.16. The molecule has 2 aliphatic heterocycles. The van der Waals surface area contributed by atoms with Crippen molar-refractivity contribution >= 4 is 5.97 Å². The molecule has 3 rings (SSSR count). The smallest absolute Gasteiger partial charge is 0.302 e. The maximum absolute atomic E-state index is 10.9. The Hall–Kier alpha value is -1.08. The maximum Gasteiger partial charge on any atom is 0.302 e. The number of carbonyl (C=O) groups excluding carboxylic acids is 1. The zero-order valence-corrected chi connectivity index (χ0v) is 9.77. The van der Waals surface area contributed by atoms with E-state index in [9.17, 15) is 4.79 Å². The van der Waals surface area contributed by atoms with E-state index in [1.54, 1.807) is 0 Å². The fraction of sp³-hybridized carbons (Fsp3) is 0.833. The SMILES string of the molecule is CC(=O)OC(C)C1CC2CNC1C(C#N)C2. The number of hydrogen-bond acceptors (Lipinski definition) is 4. The van der Waals surface area contributed by atoms with E-state index < -0.39 is 0 Å². The van der Waals surface area contributed by atoms with Crippen LogP contribution in [-0.4, -0.2) is 24.7 Å². The third-order valence-electron chi connectivity index (χ3n) is 3.85.